The highest BCUT2D eigenvalue weighted by molar-refractivity contribution is 9.10. The number of esters is 1. The van der Waals surface area contributed by atoms with Gasteiger partial charge in [-0.1, -0.05) is 39.2 Å². The Hall–Kier alpha value is -2.34. The highest BCUT2D eigenvalue weighted by atomic mass is 79.9. The summed E-state index contributed by atoms with van der Waals surface area (Å²) in [5, 5.41) is 2.76. The molecular formula is C23H28BrNO4. The largest absolute Gasteiger partial charge is 0.483 e. The van der Waals surface area contributed by atoms with Gasteiger partial charge in [-0.05, 0) is 70.7 Å². The number of aryl methyl sites for hydroxylation is 1. The van der Waals surface area contributed by atoms with Crippen LogP contribution in [-0.4, -0.2) is 25.1 Å². The van der Waals surface area contributed by atoms with E-state index in [1.807, 2.05) is 18.2 Å². The van der Waals surface area contributed by atoms with Gasteiger partial charge in [-0.15, -0.1) is 0 Å². The number of halogens is 1. The molecule has 2 aromatic carbocycles. The van der Waals surface area contributed by atoms with Gasteiger partial charge in [0.15, 0.2) is 6.61 Å². The number of carbonyl (C=O) groups excluding carboxylic acids is 2. The molecule has 0 radical (unpaired) electrons. The molecule has 2 rings (SSSR count). The van der Waals surface area contributed by atoms with Gasteiger partial charge in [-0.25, -0.2) is 4.79 Å². The van der Waals surface area contributed by atoms with Crippen LogP contribution in [0.1, 0.15) is 55.5 Å². The fourth-order valence-corrected chi connectivity index (χ4v) is 3.23. The van der Waals surface area contributed by atoms with Crippen LogP contribution in [0.3, 0.4) is 0 Å². The van der Waals surface area contributed by atoms with Crippen molar-refractivity contribution in [2.45, 2.75) is 46.0 Å². The number of unbranched alkanes of at least 4 members (excludes halogenated alkanes) is 3. The zero-order chi connectivity index (χ0) is 21.1. The van der Waals surface area contributed by atoms with E-state index in [9.17, 15) is 9.59 Å². The smallest absolute Gasteiger partial charge is 0.338 e. The van der Waals surface area contributed by atoms with Gasteiger partial charge in [0.2, 0.25) is 0 Å². The molecule has 1 amide bonds. The SMILES string of the molecule is CCCCCCOC(=O)c1ccc(NC(=O)COc2ccc(CC)cc2Br)cc1. The van der Waals surface area contributed by atoms with Gasteiger partial charge in [0.1, 0.15) is 5.75 Å². The van der Waals surface area contributed by atoms with Crippen LogP contribution in [0.4, 0.5) is 5.69 Å². The first-order valence-electron chi connectivity index (χ1n) is 10.0. The summed E-state index contributed by atoms with van der Waals surface area (Å²) in [6, 6.07) is 12.4. The monoisotopic (exact) mass is 461 g/mol. The highest BCUT2D eigenvalue weighted by Crippen LogP contribution is 2.26. The van der Waals surface area contributed by atoms with Crippen LogP contribution < -0.4 is 10.1 Å². The zero-order valence-electron chi connectivity index (χ0n) is 17.0. The van der Waals surface area contributed by atoms with Crippen LogP contribution in [0.5, 0.6) is 5.75 Å². The Labute approximate surface area is 180 Å². The molecule has 0 spiro atoms. The Bertz CT molecular complexity index is 805. The second kappa shape index (κ2) is 12.3. The first-order chi connectivity index (χ1) is 14.0. The summed E-state index contributed by atoms with van der Waals surface area (Å²) in [7, 11) is 0. The van der Waals surface area contributed by atoms with E-state index in [0.29, 0.717) is 23.6 Å². The Balaban J connectivity index is 1.78. The van der Waals surface area contributed by atoms with Gasteiger partial charge in [-0.3, -0.25) is 4.79 Å². The maximum atomic E-state index is 12.1. The van der Waals surface area contributed by atoms with Crippen molar-refractivity contribution in [2.24, 2.45) is 0 Å². The zero-order valence-corrected chi connectivity index (χ0v) is 18.6. The van der Waals surface area contributed by atoms with Gasteiger partial charge < -0.3 is 14.8 Å². The van der Waals surface area contributed by atoms with Gasteiger partial charge in [0, 0.05) is 5.69 Å². The number of rotatable bonds is 11. The van der Waals surface area contributed by atoms with E-state index < -0.39 is 0 Å². The molecule has 0 aliphatic carbocycles. The third-order valence-corrected chi connectivity index (χ3v) is 5.02. The molecule has 156 valence electrons. The number of amides is 1. The molecule has 0 saturated heterocycles. The minimum absolute atomic E-state index is 0.106. The molecule has 6 heteroatoms. The lowest BCUT2D eigenvalue weighted by atomic mass is 10.2. The van der Waals surface area contributed by atoms with E-state index in [1.54, 1.807) is 24.3 Å². The predicted octanol–water partition coefficient (Wildman–Crippen LogP) is 5.77. The fraction of sp³-hybridized carbons (Fsp3) is 0.391. The molecule has 29 heavy (non-hydrogen) atoms. The van der Waals surface area contributed by atoms with Crippen LogP contribution in [0.15, 0.2) is 46.9 Å². The summed E-state index contributed by atoms with van der Waals surface area (Å²) in [6.45, 7) is 4.55. The molecule has 0 aliphatic heterocycles. The number of hydrogen-bond acceptors (Lipinski definition) is 4. The van der Waals surface area contributed by atoms with Crippen LogP contribution >= 0.6 is 15.9 Å². The van der Waals surface area contributed by atoms with E-state index in [-0.39, 0.29) is 18.5 Å². The number of benzene rings is 2. The molecular weight excluding hydrogens is 434 g/mol. The number of carbonyl (C=O) groups is 2. The maximum Gasteiger partial charge on any atom is 0.338 e. The average Bonchev–Trinajstić information content (AvgIpc) is 2.73. The van der Waals surface area contributed by atoms with Gasteiger partial charge in [0.25, 0.3) is 5.91 Å². The van der Waals surface area contributed by atoms with Crippen molar-refractivity contribution < 1.29 is 19.1 Å². The molecule has 0 heterocycles. The van der Waals surface area contributed by atoms with Crippen molar-refractivity contribution in [1.82, 2.24) is 0 Å². The summed E-state index contributed by atoms with van der Waals surface area (Å²) < 4.78 is 11.7. The summed E-state index contributed by atoms with van der Waals surface area (Å²) in [5.74, 6) is 0.000170. The number of nitrogens with one attached hydrogen (secondary N) is 1. The topological polar surface area (TPSA) is 64.6 Å². The fourth-order valence-electron chi connectivity index (χ4n) is 2.69. The molecule has 0 saturated carbocycles. The summed E-state index contributed by atoms with van der Waals surface area (Å²) in [6.07, 6.45) is 5.17. The normalized spacial score (nSPS) is 10.4. The third-order valence-electron chi connectivity index (χ3n) is 4.40. The summed E-state index contributed by atoms with van der Waals surface area (Å²) in [5.41, 5.74) is 2.25. The standard InChI is InChI=1S/C23H28BrNO4/c1-3-5-6-7-14-28-23(27)18-9-11-19(12-10-18)25-22(26)16-29-21-13-8-17(4-2)15-20(21)24/h8-13,15H,3-7,14,16H2,1-2H3,(H,25,26). The highest BCUT2D eigenvalue weighted by Gasteiger charge is 2.09. The first-order valence-corrected chi connectivity index (χ1v) is 10.8. The molecule has 0 unspecified atom stereocenters. The molecule has 1 N–H and O–H groups in total. The van der Waals surface area contributed by atoms with Crippen molar-refractivity contribution in [3.05, 3.63) is 58.1 Å². The first kappa shape index (κ1) is 22.9. The Morgan fingerprint density at radius 1 is 1.00 bits per heavy atom. The number of hydrogen-bond donors (Lipinski definition) is 1. The Morgan fingerprint density at radius 3 is 2.41 bits per heavy atom. The molecule has 0 bridgehead atoms. The van der Waals surface area contributed by atoms with E-state index in [1.165, 1.54) is 5.56 Å². The lowest BCUT2D eigenvalue weighted by Crippen LogP contribution is -2.20. The quantitative estimate of drug-likeness (QED) is 0.340. The maximum absolute atomic E-state index is 12.1. The average molecular weight is 462 g/mol. The van der Waals surface area contributed by atoms with E-state index in [2.05, 4.69) is 35.1 Å². The van der Waals surface area contributed by atoms with Crippen LogP contribution in [-0.2, 0) is 16.0 Å². The second-order valence-corrected chi connectivity index (χ2v) is 7.58. The summed E-state index contributed by atoms with van der Waals surface area (Å²) in [4.78, 5) is 24.1. The molecule has 0 aromatic heterocycles. The van der Waals surface area contributed by atoms with Gasteiger partial charge in [-0.2, -0.15) is 0 Å². The minimum Gasteiger partial charge on any atom is -0.483 e. The minimum atomic E-state index is -0.344. The third kappa shape index (κ3) is 7.89. The second-order valence-electron chi connectivity index (χ2n) is 6.73. The van der Waals surface area contributed by atoms with Gasteiger partial charge >= 0.3 is 5.97 Å². The van der Waals surface area contributed by atoms with Gasteiger partial charge in [0.05, 0.1) is 16.6 Å². The molecule has 2 aromatic rings. The van der Waals surface area contributed by atoms with Crippen LogP contribution in [0.25, 0.3) is 0 Å². The van der Waals surface area contributed by atoms with E-state index >= 15 is 0 Å². The lowest BCUT2D eigenvalue weighted by molar-refractivity contribution is -0.118. The van der Waals surface area contributed by atoms with Crippen molar-refractivity contribution in [1.29, 1.82) is 0 Å². The Morgan fingerprint density at radius 2 is 1.76 bits per heavy atom. The summed E-state index contributed by atoms with van der Waals surface area (Å²) >= 11 is 3.46. The lowest BCUT2D eigenvalue weighted by Gasteiger charge is -2.10. The molecule has 0 aliphatic rings. The van der Waals surface area contributed by atoms with Crippen molar-refractivity contribution in [3.63, 3.8) is 0 Å². The van der Waals surface area contributed by atoms with E-state index in [4.69, 9.17) is 9.47 Å². The number of ether oxygens (including phenoxy) is 2. The molecule has 0 fully saturated rings. The molecule has 5 nitrogen and oxygen atoms in total. The molecule has 0 atom stereocenters. The van der Waals surface area contributed by atoms with Crippen molar-refractivity contribution >= 4 is 33.5 Å². The number of anilines is 1. The van der Waals surface area contributed by atoms with Crippen LogP contribution in [0, 0.1) is 0 Å². The predicted molar refractivity (Wildman–Crippen MR) is 119 cm³/mol. The van der Waals surface area contributed by atoms with Crippen molar-refractivity contribution in [3.8, 4) is 5.75 Å². The van der Waals surface area contributed by atoms with E-state index in [0.717, 1.165) is 36.6 Å². The Kier molecular flexibility index (Phi) is 9.71. The van der Waals surface area contributed by atoms with Crippen molar-refractivity contribution in [2.75, 3.05) is 18.5 Å². The van der Waals surface area contributed by atoms with Crippen LogP contribution in [0.2, 0.25) is 0 Å².